The van der Waals surface area contributed by atoms with Crippen molar-refractivity contribution in [2.24, 2.45) is 0 Å². The predicted molar refractivity (Wildman–Crippen MR) is 247 cm³/mol. The van der Waals surface area contributed by atoms with Crippen molar-refractivity contribution in [1.29, 1.82) is 0 Å². The molecular weight excluding hydrogens is 719 g/mol. The van der Waals surface area contributed by atoms with Crippen LogP contribution in [0.25, 0.3) is 98.8 Å². The second-order valence-corrected chi connectivity index (χ2v) is 15.2. The molecule has 0 atom stereocenters. The Morgan fingerprint density at radius 3 is 1.73 bits per heavy atom. The van der Waals surface area contributed by atoms with Crippen LogP contribution in [0.15, 0.2) is 221 Å². The van der Waals surface area contributed by atoms with Crippen molar-refractivity contribution in [1.82, 2.24) is 0 Å². The number of benzene rings is 10. The maximum Gasteiger partial charge on any atom is 0.145 e. The smallest absolute Gasteiger partial charge is 0.145 e. The highest BCUT2D eigenvalue weighted by molar-refractivity contribution is 6.20. The Morgan fingerprint density at radius 1 is 0.305 bits per heavy atom. The summed E-state index contributed by atoms with van der Waals surface area (Å²) in [6.07, 6.45) is 0. The fourth-order valence-corrected chi connectivity index (χ4v) is 9.05. The van der Waals surface area contributed by atoms with Crippen molar-refractivity contribution in [3.8, 4) is 33.4 Å². The van der Waals surface area contributed by atoms with Gasteiger partial charge in [0.25, 0.3) is 0 Å². The highest BCUT2D eigenvalue weighted by Gasteiger charge is 2.25. The number of hydrogen-bond donors (Lipinski definition) is 0. The van der Waals surface area contributed by atoms with Gasteiger partial charge >= 0.3 is 0 Å². The first-order chi connectivity index (χ1) is 29.2. The lowest BCUT2D eigenvalue weighted by molar-refractivity contribution is 0.669. The molecule has 0 saturated carbocycles. The number of hydrogen-bond acceptors (Lipinski definition) is 3. The molecule has 0 aliphatic heterocycles. The minimum Gasteiger partial charge on any atom is -0.456 e. The lowest BCUT2D eigenvalue weighted by Crippen LogP contribution is -2.11. The second kappa shape index (κ2) is 13.4. The molecule has 2 aromatic heterocycles. The van der Waals surface area contributed by atoms with E-state index in [2.05, 4.69) is 205 Å². The van der Waals surface area contributed by atoms with Crippen LogP contribution in [0.2, 0.25) is 0 Å². The van der Waals surface area contributed by atoms with Crippen molar-refractivity contribution in [3.63, 3.8) is 0 Å². The zero-order valence-corrected chi connectivity index (χ0v) is 32.0. The normalized spacial score (nSPS) is 11.7. The van der Waals surface area contributed by atoms with Crippen molar-refractivity contribution >= 4 is 82.5 Å². The quantitative estimate of drug-likeness (QED) is 0.158. The second-order valence-electron chi connectivity index (χ2n) is 15.2. The highest BCUT2D eigenvalue weighted by Crippen LogP contribution is 2.49. The Morgan fingerprint density at radius 2 is 0.898 bits per heavy atom. The Labute approximate surface area is 340 Å². The number of fused-ring (bicyclic) bond motifs is 9. The first-order valence-corrected chi connectivity index (χ1v) is 20.1. The van der Waals surface area contributed by atoms with Crippen LogP contribution < -0.4 is 4.90 Å². The van der Waals surface area contributed by atoms with Gasteiger partial charge in [0.1, 0.15) is 22.3 Å². The Bertz CT molecular complexity index is 3540. The summed E-state index contributed by atoms with van der Waals surface area (Å²) in [5.41, 5.74) is 13.3. The minimum atomic E-state index is 0.835. The summed E-state index contributed by atoms with van der Waals surface area (Å²) in [6.45, 7) is 0. The fourth-order valence-electron chi connectivity index (χ4n) is 9.05. The summed E-state index contributed by atoms with van der Waals surface area (Å²) in [5.74, 6) is 0. The molecule has 0 amide bonds. The molecule has 2 heterocycles. The zero-order valence-electron chi connectivity index (χ0n) is 32.0. The van der Waals surface area contributed by atoms with Crippen molar-refractivity contribution < 1.29 is 8.83 Å². The molecule has 0 saturated heterocycles. The van der Waals surface area contributed by atoms with Gasteiger partial charge in [-0.05, 0) is 110 Å². The van der Waals surface area contributed by atoms with Crippen LogP contribution >= 0.6 is 0 Å². The van der Waals surface area contributed by atoms with Crippen LogP contribution in [-0.2, 0) is 0 Å². The average molecular weight is 754 g/mol. The van der Waals surface area contributed by atoms with Gasteiger partial charge in [-0.25, -0.2) is 0 Å². The topological polar surface area (TPSA) is 29.5 Å². The molecule has 0 spiro atoms. The summed E-state index contributed by atoms with van der Waals surface area (Å²) in [4.78, 5) is 2.39. The van der Waals surface area contributed by atoms with E-state index in [0.29, 0.717) is 0 Å². The van der Waals surface area contributed by atoms with Gasteiger partial charge in [-0.15, -0.1) is 0 Å². The first kappa shape index (κ1) is 33.3. The molecule has 0 radical (unpaired) electrons. The zero-order chi connectivity index (χ0) is 38.9. The monoisotopic (exact) mass is 753 g/mol. The van der Waals surface area contributed by atoms with E-state index >= 15 is 0 Å². The molecule has 0 N–H and O–H groups in total. The van der Waals surface area contributed by atoms with Crippen LogP contribution in [0.5, 0.6) is 0 Å². The van der Waals surface area contributed by atoms with Gasteiger partial charge in [-0.2, -0.15) is 0 Å². The SMILES string of the molecule is c1ccc(-c2ccc3c(c2)oc2cccc(N(c4ccc(-c5ccc6c(ccc7ccccc76)c5)cc4)c4ccc(-c5ccccc5)c5oc6ccccc6c45)c23)cc1. The third-order valence-electron chi connectivity index (χ3n) is 11.9. The lowest BCUT2D eigenvalue weighted by atomic mass is 9.97. The van der Waals surface area contributed by atoms with Crippen LogP contribution in [0.3, 0.4) is 0 Å². The molecule has 12 aromatic rings. The summed E-state index contributed by atoms with van der Waals surface area (Å²) in [5, 5.41) is 9.27. The van der Waals surface area contributed by atoms with Gasteiger partial charge < -0.3 is 13.7 Å². The van der Waals surface area contributed by atoms with Crippen LogP contribution in [0, 0.1) is 0 Å². The number of nitrogens with zero attached hydrogens (tertiary/aromatic N) is 1. The molecule has 3 nitrogen and oxygen atoms in total. The maximum absolute atomic E-state index is 6.79. The number of para-hydroxylation sites is 1. The first-order valence-electron chi connectivity index (χ1n) is 20.1. The van der Waals surface area contributed by atoms with Gasteiger partial charge in [-0.3, -0.25) is 0 Å². The summed E-state index contributed by atoms with van der Waals surface area (Å²) in [7, 11) is 0. The lowest BCUT2D eigenvalue weighted by Gasteiger charge is -2.27. The van der Waals surface area contributed by atoms with Crippen LogP contribution in [0.4, 0.5) is 17.1 Å². The van der Waals surface area contributed by atoms with E-state index in [1.807, 2.05) is 12.1 Å². The highest BCUT2D eigenvalue weighted by atomic mass is 16.3. The van der Waals surface area contributed by atoms with Crippen molar-refractivity contribution in [3.05, 3.63) is 212 Å². The van der Waals surface area contributed by atoms with E-state index in [1.54, 1.807) is 0 Å². The minimum absolute atomic E-state index is 0.835. The molecule has 0 aliphatic rings. The Kier molecular flexibility index (Phi) is 7.54. The number of rotatable bonds is 6. The molecule has 0 aliphatic carbocycles. The molecule has 59 heavy (non-hydrogen) atoms. The van der Waals surface area contributed by atoms with E-state index in [1.165, 1.54) is 27.1 Å². The summed E-state index contributed by atoms with van der Waals surface area (Å²) >= 11 is 0. The van der Waals surface area contributed by atoms with E-state index < -0.39 is 0 Å². The van der Waals surface area contributed by atoms with Crippen LogP contribution in [0.1, 0.15) is 0 Å². The molecule has 10 aromatic carbocycles. The molecular formula is C56H35NO2. The van der Waals surface area contributed by atoms with Crippen molar-refractivity contribution in [2.75, 3.05) is 4.90 Å². The van der Waals surface area contributed by atoms with Gasteiger partial charge in [-0.1, -0.05) is 152 Å². The Hall–Kier alpha value is -7.88. The maximum atomic E-state index is 6.79. The van der Waals surface area contributed by atoms with Gasteiger partial charge in [0.2, 0.25) is 0 Å². The summed E-state index contributed by atoms with van der Waals surface area (Å²) < 4.78 is 13.5. The third-order valence-corrected chi connectivity index (χ3v) is 11.9. The third kappa shape index (κ3) is 5.44. The van der Waals surface area contributed by atoms with E-state index in [0.717, 1.165) is 88.8 Å². The molecule has 0 fully saturated rings. The van der Waals surface area contributed by atoms with E-state index in [-0.39, 0.29) is 0 Å². The van der Waals surface area contributed by atoms with Crippen LogP contribution in [-0.4, -0.2) is 0 Å². The fraction of sp³-hybridized carbons (Fsp3) is 0. The number of furan rings is 2. The largest absolute Gasteiger partial charge is 0.456 e. The molecule has 0 unspecified atom stereocenters. The van der Waals surface area contributed by atoms with Gasteiger partial charge in [0, 0.05) is 22.0 Å². The van der Waals surface area contributed by atoms with Gasteiger partial charge in [0.15, 0.2) is 0 Å². The van der Waals surface area contributed by atoms with Crippen molar-refractivity contribution in [2.45, 2.75) is 0 Å². The molecule has 12 rings (SSSR count). The number of anilines is 3. The average Bonchev–Trinajstić information content (AvgIpc) is 3.89. The molecule has 3 heteroatoms. The predicted octanol–water partition coefficient (Wildman–Crippen LogP) is 16.3. The Balaban J connectivity index is 1.08. The van der Waals surface area contributed by atoms with E-state index in [9.17, 15) is 0 Å². The molecule has 276 valence electrons. The standard InChI is InChI=1S/C56H35NO2/c1-3-12-36(13-4-1)41-27-31-48-53(35-41)58-52-21-11-19-49(54(48)52)57(50-33-32-46(38-14-5-2-6-15-38)56-55(50)47-18-9-10-20-51(47)59-56)43-28-24-37(25-29-43)40-26-30-45-42(34-40)23-22-39-16-7-8-17-44(39)45/h1-35H. The van der Waals surface area contributed by atoms with E-state index in [4.69, 9.17) is 8.83 Å². The van der Waals surface area contributed by atoms with Gasteiger partial charge in [0.05, 0.1) is 22.1 Å². The molecule has 0 bridgehead atoms. The summed E-state index contributed by atoms with van der Waals surface area (Å²) in [6, 6.07) is 75.6.